The van der Waals surface area contributed by atoms with Crippen molar-refractivity contribution in [2.45, 2.75) is 11.0 Å². The van der Waals surface area contributed by atoms with Gasteiger partial charge in [-0.1, -0.05) is 53.7 Å². The van der Waals surface area contributed by atoms with E-state index in [1.54, 1.807) is 23.9 Å². The molecule has 3 aromatic carbocycles. The Bertz CT molecular complexity index is 1000. The average Bonchev–Trinajstić information content (AvgIpc) is 3.03. The second-order valence-corrected chi connectivity index (χ2v) is 6.81. The van der Waals surface area contributed by atoms with Crippen molar-refractivity contribution in [3.05, 3.63) is 83.4 Å². The van der Waals surface area contributed by atoms with Gasteiger partial charge >= 0.3 is 0 Å². The molecule has 0 saturated carbocycles. The zero-order valence-corrected chi connectivity index (χ0v) is 14.8. The predicted molar refractivity (Wildman–Crippen MR) is 102 cm³/mol. The van der Waals surface area contributed by atoms with Gasteiger partial charge in [0.1, 0.15) is 17.0 Å². The normalized spacial score (nSPS) is 10.9. The maximum absolute atomic E-state index is 5.98. The van der Waals surface area contributed by atoms with E-state index in [1.165, 1.54) is 0 Å². The first kappa shape index (κ1) is 16.1. The lowest BCUT2D eigenvalue weighted by atomic mass is 10.2. The number of benzene rings is 3. The summed E-state index contributed by atoms with van der Waals surface area (Å²) >= 11 is 7.53. The number of fused-ring (bicyclic) bond motifs is 1. The molecule has 25 heavy (non-hydrogen) atoms. The molecule has 1 aromatic heterocycles. The van der Waals surface area contributed by atoms with Gasteiger partial charge < -0.3 is 9.15 Å². The molecule has 0 radical (unpaired) electrons. The summed E-state index contributed by atoms with van der Waals surface area (Å²) in [5.41, 5.74) is 2.66. The monoisotopic (exact) mass is 367 g/mol. The number of hydrogen-bond acceptors (Lipinski definition) is 4. The van der Waals surface area contributed by atoms with Crippen LogP contribution in [0.1, 0.15) is 5.56 Å². The Morgan fingerprint density at radius 2 is 1.76 bits per heavy atom. The molecular weight excluding hydrogens is 354 g/mol. The standard InChI is InChI=1S/C20H14ClNO2S/c21-15-9-10-19-18(12-15)22-20(24-19)25-13-14-5-4-8-17(11-14)23-16-6-2-1-3-7-16/h1-12H,13H2. The molecule has 1 heterocycles. The minimum absolute atomic E-state index is 0.631. The van der Waals surface area contributed by atoms with E-state index in [0.29, 0.717) is 10.2 Å². The third kappa shape index (κ3) is 3.98. The van der Waals surface area contributed by atoms with Gasteiger partial charge in [-0.3, -0.25) is 0 Å². The number of hydrogen-bond donors (Lipinski definition) is 0. The Morgan fingerprint density at radius 3 is 2.64 bits per heavy atom. The average molecular weight is 368 g/mol. The van der Waals surface area contributed by atoms with Gasteiger partial charge in [-0.25, -0.2) is 4.98 Å². The van der Waals surface area contributed by atoms with Gasteiger partial charge in [0.2, 0.25) is 0 Å². The third-order valence-corrected chi connectivity index (χ3v) is 4.70. The van der Waals surface area contributed by atoms with Crippen LogP contribution < -0.4 is 4.74 Å². The van der Waals surface area contributed by atoms with E-state index in [0.717, 1.165) is 33.9 Å². The van der Waals surface area contributed by atoms with Crippen molar-refractivity contribution in [3.8, 4) is 11.5 Å². The van der Waals surface area contributed by atoms with Gasteiger partial charge in [-0.15, -0.1) is 0 Å². The summed E-state index contributed by atoms with van der Waals surface area (Å²) in [7, 11) is 0. The maximum atomic E-state index is 5.98. The number of aromatic nitrogens is 1. The van der Waals surface area contributed by atoms with Crippen molar-refractivity contribution in [2.24, 2.45) is 0 Å². The lowest BCUT2D eigenvalue weighted by Crippen LogP contribution is -1.86. The van der Waals surface area contributed by atoms with E-state index >= 15 is 0 Å². The highest BCUT2D eigenvalue weighted by atomic mass is 35.5. The van der Waals surface area contributed by atoms with E-state index < -0.39 is 0 Å². The quantitative estimate of drug-likeness (QED) is 0.374. The fourth-order valence-corrected chi connectivity index (χ4v) is 3.36. The summed E-state index contributed by atoms with van der Waals surface area (Å²) < 4.78 is 11.6. The first-order valence-corrected chi connectivity index (χ1v) is 9.13. The van der Waals surface area contributed by atoms with Gasteiger partial charge in [0.25, 0.3) is 5.22 Å². The summed E-state index contributed by atoms with van der Waals surface area (Å²) in [6.45, 7) is 0. The molecule has 4 rings (SSSR count). The zero-order valence-electron chi connectivity index (χ0n) is 13.2. The first-order chi connectivity index (χ1) is 12.3. The van der Waals surface area contributed by atoms with Crippen molar-refractivity contribution in [1.82, 2.24) is 4.98 Å². The van der Waals surface area contributed by atoms with Crippen LogP contribution in [0.5, 0.6) is 11.5 Å². The Hall–Kier alpha value is -2.43. The molecule has 0 bridgehead atoms. The van der Waals surface area contributed by atoms with Crippen LogP contribution in [0.4, 0.5) is 0 Å². The molecule has 0 saturated heterocycles. The highest BCUT2D eigenvalue weighted by Gasteiger charge is 2.08. The Labute approximate surface area is 154 Å². The van der Waals surface area contributed by atoms with Crippen LogP contribution >= 0.6 is 23.4 Å². The third-order valence-electron chi connectivity index (χ3n) is 3.57. The minimum Gasteiger partial charge on any atom is -0.457 e. The summed E-state index contributed by atoms with van der Waals surface area (Å²) in [4.78, 5) is 4.46. The summed E-state index contributed by atoms with van der Waals surface area (Å²) in [5.74, 6) is 2.38. The minimum atomic E-state index is 0.631. The highest BCUT2D eigenvalue weighted by Crippen LogP contribution is 2.29. The van der Waals surface area contributed by atoms with E-state index in [-0.39, 0.29) is 0 Å². The van der Waals surface area contributed by atoms with Crippen LogP contribution in [0.15, 0.2) is 82.4 Å². The predicted octanol–water partition coefficient (Wildman–Crippen LogP) is 6.57. The second kappa shape index (κ2) is 7.21. The van der Waals surface area contributed by atoms with Crippen molar-refractivity contribution in [3.63, 3.8) is 0 Å². The molecule has 0 spiro atoms. The van der Waals surface area contributed by atoms with Crippen LogP contribution in [0.25, 0.3) is 11.1 Å². The molecule has 0 aliphatic heterocycles. The number of rotatable bonds is 5. The lowest BCUT2D eigenvalue weighted by molar-refractivity contribution is 0.482. The lowest BCUT2D eigenvalue weighted by Gasteiger charge is -2.07. The number of para-hydroxylation sites is 1. The molecule has 0 aliphatic rings. The highest BCUT2D eigenvalue weighted by molar-refractivity contribution is 7.98. The van der Waals surface area contributed by atoms with Crippen LogP contribution in [-0.2, 0) is 5.75 Å². The van der Waals surface area contributed by atoms with Crippen molar-refractivity contribution >= 4 is 34.5 Å². The number of ether oxygens (including phenoxy) is 1. The molecule has 0 unspecified atom stereocenters. The SMILES string of the molecule is Clc1ccc2oc(SCc3cccc(Oc4ccccc4)c3)nc2c1. The molecule has 0 amide bonds. The second-order valence-electron chi connectivity index (χ2n) is 5.44. The number of oxazole rings is 1. The maximum Gasteiger partial charge on any atom is 0.257 e. The first-order valence-electron chi connectivity index (χ1n) is 7.77. The molecule has 0 fully saturated rings. The number of halogens is 1. The van der Waals surface area contributed by atoms with Crippen LogP contribution in [0.2, 0.25) is 5.02 Å². The fourth-order valence-electron chi connectivity index (χ4n) is 2.41. The molecule has 3 nitrogen and oxygen atoms in total. The molecule has 4 aromatic rings. The van der Waals surface area contributed by atoms with Crippen LogP contribution in [0, 0.1) is 0 Å². The van der Waals surface area contributed by atoms with E-state index in [1.807, 2.05) is 54.6 Å². The zero-order chi connectivity index (χ0) is 17.1. The smallest absolute Gasteiger partial charge is 0.257 e. The number of nitrogens with zero attached hydrogens (tertiary/aromatic N) is 1. The topological polar surface area (TPSA) is 35.3 Å². The van der Waals surface area contributed by atoms with Gasteiger partial charge in [-0.2, -0.15) is 0 Å². The van der Waals surface area contributed by atoms with Gasteiger partial charge in [-0.05, 0) is 48.0 Å². The molecule has 5 heteroatoms. The number of thioether (sulfide) groups is 1. The van der Waals surface area contributed by atoms with Gasteiger partial charge in [0.15, 0.2) is 5.58 Å². The van der Waals surface area contributed by atoms with Gasteiger partial charge in [0, 0.05) is 10.8 Å². The molecule has 0 N–H and O–H groups in total. The Morgan fingerprint density at radius 1 is 0.920 bits per heavy atom. The summed E-state index contributed by atoms with van der Waals surface area (Å²) in [6.07, 6.45) is 0. The van der Waals surface area contributed by atoms with Crippen LogP contribution in [-0.4, -0.2) is 4.98 Å². The van der Waals surface area contributed by atoms with Crippen LogP contribution in [0.3, 0.4) is 0 Å². The van der Waals surface area contributed by atoms with Crippen molar-refractivity contribution < 1.29 is 9.15 Å². The molecule has 124 valence electrons. The summed E-state index contributed by atoms with van der Waals surface area (Å²) in [5, 5.41) is 1.29. The van der Waals surface area contributed by atoms with Crippen molar-refractivity contribution in [1.29, 1.82) is 0 Å². The Kier molecular flexibility index (Phi) is 4.63. The largest absolute Gasteiger partial charge is 0.457 e. The van der Waals surface area contributed by atoms with Gasteiger partial charge in [0.05, 0.1) is 0 Å². The Balaban J connectivity index is 1.46. The van der Waals surface area contributed by atoms with Crippen molar-refractivity contribution in [2.75, 3.05) is 0 Å². The molecule has 0 atom stereocenters. The van der Waals surface area contributed by atoms with E-state index in [2.05, 4.69) is 11.1 Å². The molecular formula is C20H14ClNO2S. The fraction of sp³-hybridized carbons (Fsp3) is 0.0500. The molecule has 0 aliphatic carbocycles. The van der Waals surface area contributed by atoms with E-state index in [4.69, 9.17) is 20.8 Å². The van der Waals surface area contributed by atoms with E-state index in [9.17, 15) is 0 Å². The summed E-state index contributed by atoms with van der Waals surface area (Å²) in [6, 6.07) is 23.2.